The molecule has 0 aliphatic carbocycles. The van der Waals surface area contributed by atoms with E-state index in [4.69, 9.17) is 4.74 Å². The Morgan fingerprint density at radius 3 is 2.22 bits per heavy atom. The fourth-order valence-electron chi connectivity index (χ4n) is 2.32. The Morgan fingerprint density at radius 2 is 1.52 bits per heavy atom. The lowest BCUT2D eigenvalue weighted by Crippen LogP contribution is -2.20. The quantitative estimate of drug-likeness (QED) is 0.741. The number of carbonyl (C=O) groups excluding carboxylic acids is 1. The third kappa shape index (κ3) is 3.23. The van der Waals surface area contributed by atoms with Crippen LogP contribution in [0.2, 0.25) is 0 Å². The molecule has 0 fully saturated rings. The number of urea groups is 1. The van der Waals surface area contributed by atoms with E-state index in [-0.39, 0.29) is 5.69 Å². The van der Waals surface area contributed by atoms with Crippen molar-refractivity contribution in [3.05, 3.63) is 66.5 Å². The van der Waals surface area contributed by atoms with Gasteiger partial charge in [-0.15, -0.1) is 0 Å². The summed E-state index contributed by atoms with van der Waals surface area (Å²) in [6.45, 7) is 0. The lowest BCUT2D eigenvalue weighted by molar-refractivity contribution is 0.262. The van der Waals surface area contributed by atoms with Gasteiger partial charge in [0.15, 0.2) is 0 Å². The molecule has 0 radical (unpaired) electrons. The van der Waals surface area contributed by atoms with Crippen molar-refractivity contribution in [1.29, 1.82) is 0 Å². The molecule has 0 saturated heterocycles. The molecule has 3 aromatic rings. The smallest absolute Gasteiger partial charge is 0.323 e. The number of ether oxygens (including phenoxy) is 1. The number of methoxy groups -OCH3 is 1. The number of rotatable bonds is 3. The van der Waals surface area contributed by atoms with Crippen molar-refractivity contribution in [2.24, 2.45) is 0 Å². The van der Waals surface area contributed by atoms with Crippen LogP contribution in [0, 0.1) is 5.82 Å². The summed E-state index contributed by atoms with van der Waals surface area (Å²) in [7, 11) is 1.53. The maximum Gasteiger partial charge on any atom is 0.323 e. The highest BCUT2D eigenvalue weighted by atomic mass is 19.1. The molecule has 23 heavy (non-hydrogen) atoms. The van der Waals surface area contributed by atoms with Gasteiger partial charge in [0.25, 0.3) is 0 Å². The third-order valence-corrected chi connectivity index (χ3v) is 3.44. The number of benzene rings is 3. The summed E-state index contributed by atoms with van der Waals surface area (Å²) in [6, 6.07) is 16.8. The Balaban J connectivity index is 1.85. The Kier molecular flexibility index (Phi) is 4.10. The molecule has 3 rings (SSSR count). The van der Waals surface area contributed by atoms with Crippen LogP contribution >= 0.6 is 0 Å². The van der Waals surface area contributed by atoms with Gasteiger partial charge < -0.3 is 15.4 Å². The number of halogens is 1. The molecule has 116 valence electrons. The van der Waals surface area contributed by atoms with Gasteiger partial charge in [0.1, 0.15) is 11.6 Å². The van der Waals surface area contributed by atoms with Crippen molar-refractivity contribution in [2.45, 2.75) is 0 Å². The number of carbonyl (C=O) groups is 1. The first-order chi connectivity index (χ1) is 11.2. The zero-order valence-corrected chi connectivity index (χ0v) is 12.5. The van der Waals surface area contributed by atoms with Gasteiger partial charge in [-0.25, -0.2) is 9.18 Å². The van der Waals surface area contributed by atoms with Crippen LogP contribution in [-0.4, -0.2) is 13.1 Å². The molecule has 0 unspecified atom stereocenters. The van der Waals surface area contributed by atoms with Crippen LogP contribution in [-0.2, 0) is 0 Å². The average Bonchev–Trinajstić information content (AvgIpc) is 2.56. The molecule has 0 atom stereocenters. The van der Waals surface area contributed by atoms with E-state index < -0.39 is 11.8 Å². The van der Waals surface area contributed by atoms with Gasteiger partial charge in [-0.3, -0.25) is 0 Å². The number of hydrogen-bond acceptors (Lipinski definition) is 2. The first kappa shape index (κ1) is 14.8. The predicted molar refractivity (Wildman–Crippen MR) is 89.5 cm³/mol. The van der Waals surface area contributed by atoms with Crippen molar-refractivity contribution in [1.82, 2.24) is 0 Å². The van der Waals surface area contributed by atoms with Gasteiger partial charge in [-0.2, -0.15) is 0 Å². The molecule has 0 spiro atoms. The van der Waals surface area contributed by atoms with Gasteiger partial charge in [0.05, 0.1) is 18.5 Å². The largest absolute Gasteiger partial charge is 0.495 e. The maximum absolute atomic E-state index is 13.6. The van der Waals surface area contributed by atoms with Gasteiger partial charge in [-0.05, 0) is 35.0 Å². The van der Waals surface area contributed by atoms with Crippen molar-refractivity contribution < 1.29 is 13.9 Å². The number of nitrogens with one attached hydrogen (secondary N) is 2. The average molecular weight is 310 g/mol. The second-order valence-electron chi connectivity index (χ2n) is 4.96. The normalized spacial score (nSPS) is 10.3. The second kappa shape index (κ2) is 6.36. The van der Waals surface area contributed by atoms with E-state index in [1.807, 2.05) is 36.4 Å². The van der Waals surface area contributed by atoms with Crippen LogP contribution in [0.3, 0.4) is 0 Å². The third-order valence-electron chi connectivity index (χ3n) is 3.44. The highest BCUT2D eigenvalue weighted by Gasteiger charge is 2.11. The van der Waals surface area contributed by atoms with Crippen LogP contribution < -0.4 is 15.4 Å². The molecule has 0 aliphatic heterocycles. The van der Waals surface area contributed by atoms with E-state index in [9.17, 15) is 9.18 Å². The number of para-hydroxylation sites is 1. The summed E-state index contributed by atoms with van der Waals surface area (Å²) in [5.41, 5.74) is 0.629. The number of amides is 2. The van der Waals surface area contributed by atoms with Gasteiger partial charge in [0.2, 0.25) is 0 Å². The summed E-state index contributed by atoms with van der Waals surface area (Å²) in [5.74, 6) is 0.0421. The molecule has 0 saturated carbocycles. The Labute approximate surface area is 132 Å². The molecule has 2 N–H and O–H groups in total. The Morgan fingerprint density at radius 1 is 0.913 bits per heavy atom. The molecule has 0 bridgehead atoms. The minimum Gasteiger partial charge on any atom is -0.495 e. The minimum atomic E-state index is -0.538. The van der Waals surface area contributed by atoms with Crippen LogP contribution in [0.4, 0.5) is 20.6 Å². The van der Waals surface area contributed by atoms with Gasteiger partial charge >= 0.3 is 6.03 Å². The number of fused-ring (bicyclic) bond motifs is 1. The molecule has 0 aliphatic rings. The summed E-state index contributed by atoms with van der Waals surface area (Å²) < 4.78 is 18.9. The highest BCUT2D eigenvalue weighted by molar-refractivity contribution is 6.02. The van der Waals surface area contributed by atoms with E-state index in [1.165, 1.54) is 19.2 Å². The summed E-state index contributed by atoms with van der Waals surface area (Å²) in [5, 5.41) is 7.14. The van der Waals surface area contributed by atoms with E-state index in [0.717, 1.165) is 10.8 Å². The van der Waals surface area contributed by atoms with Gasteiger partial charge in [0, 0.05) is 0 Å². The second-order valence-corrected chi connectivity index (χ2v) is 4.96. The van der Waals surface area contributed by atoms with E-state index in [0.29, 0.717) is 11.4 Å². The lowest BCUT2D eigenvalue weighted by atomic mass is 10.1. The van der Waals surface area contributed by atoms with Crippen LogP contribution in [0.25, 0.3) is 10.8 Å². The zero-order valence-electron chi connectivity index (χ0n) is 12.5. The zero-order chi connectivity index (χ0) is 16.2. The molecule has 3 aromatic carbocycles. The lowest BCUT2D eigenvalue weighted by Gasteiger charge is -2.13. The van der Waals surface area contributed by atoms with Crippen LogP contribution in [0.1, 0.15) is 0 Å². The fraction of sp³-hybridized carbons (Fsp3) is 0.0556. The van der Waals surface area contributed by atoms with Crippen molar-refractivity contribution >= 4 is 28.2 Å². The van der Waals surface area contributed by atoms with E-state index in [1.54, 1.807) is 12.1 Å². The molecule has 0 heterocycles. The predicted octanol–water partition coefficient (Wildman–Crippen LogP) is 4.63. The number of anilines is 2. The molecular weight excluding hydrogens is 295 g/mol. The topological polar surface area (TPSA) is 50.4 Å². The summed E-state index contributed by atoms with van der Waals surface area (Å²) in [4.78, 5) is 12.1. The first-order valence-electron chi connectivity index (χ1n) is 7.06. The van der Waals surface area contributed by atoms with Crippen molar-refractivity contribution in [3.63, 3.8) is 0 Å². The molecule has 5 heteroatoms. The molecule has 2 amide bonds. The molecular formula is C18H15FN2O2. The number of hydrogen-bond donors (Lipinski definition) is 2. The first-order valence-corrected chi connectivity index (χ1v) is 7.06. The Bertz CT molecular complexity index is 865. The monoisotopic (exact) mass is 310 g/mol. The van der Waals surface area contributed by atoms with Crippen molar-refractivity contribution in [2.75, 3.05) is 17.7 Å². The molecule has 4 nitrogen and oxygen atoms in total. The van der Waals surface area contributed by atoms with E-state index in [2.05, 4.69) is 10.6 Å². The molecule has 0 aromatic heterocycles. The highest BCUT2D eigenvalue weighted by Crippen LogP contribution is 2.30. The summed E-state index contributed by atoms with van der Waals surface area (Å²) >= 11 is 0. The Hall–Kier alpha value is -3.08. The van der Waals surface area contributed by atoms with Gasteiger partial charge in [-0.1, -0.05) is 36.4 Å². The van der Waals surface area contributed by atoms with Crippen LogP contribution in [0.15, 0.2) is 60.7 Å². The minimum absolute atomic E-state index is 0.116. The van der Waals surface area contributed by atoms with Crippen molar-refractivity contribution in [3.8, 4) is 5.75 Å². The van der Waals surface area contributed by atoms with E-state index >= 15 is 0 Å². The maximum atomic E-state index is 13.6. The summed E-state index contributed by atoms with van der Waals surface area (Å²) in [6.07, 6.45) is 0. The van der Waals surface area contributed by atoms with Crippen LogP contribution in [0.5, 0.6) is 5.75 Å². The SMILES string of the molecule is COc1cc2ccccc2cc1NC(=O)Nc1ccccc1F. The fourth-order valence-corrected chi connectivity index (χ4v) is 2.32. The standard InChI is InChI=1S/C18H15FN2O2/c1-23-17-11-13-7-3-2-6-12(13)10-16(17)21-18(22)20-15-9-5-4-8-14(15)19/h2-11H,1H3,(H2,20,21,22).